The van der Waals surface area contributed by atoms with E-state index in [0.29, 0.717) is 24.7 Å². The van der Waals surface area contributed by atoms with Gasteiger partial charge in [-0.3, -0.25) is 4.79 Å². The van der Waals surface area contributed by atoms with Crippen molar-refractivity contribution in [3.63, 3.8) is 0 Å². The average Bonchev–Trinajstić information content (AvgIpc) is 2.79. The topological polar surface area (TPSA) is 57.7 Å². The van der Waals surface area contributed by atoms with Gasteiger partial charge in [0.2, 0.25) is 15.9 Å². The quantitative estimate of drug-likeness (QED) is 0.825. The first-order valence-electron chi connectivity index (χ1n) is 7.41. The molecule has 0 aliphatic carbocycles. The van der Waals surface area contributed by atoms with Crippen LogP contribution in [-0.2, 0) is 14.8 Å². The van der Waals surface area contributed by atoms with Crippen molar-refractivity contribution in [2.24, 2.45) is 5.92 Å². The highest BCUT2D eigenvalue weighted by molar-refractivity contribution is 7.89. The zero-order valence-electron chi connectivity index (χ0n) is 12.4. The van der Waals surface area contributed by atoms with Crippen LogP contribution in [0.15, 0.2) is 29.2 Å². The number of benzene rings is 1. The highest BCUT2D eigenvalue weighted by Crippen LogP contribution is 2.32. The summed E-state index contributed by atoms with van der Waals surface area (Å²) < 4.78 is 27.4. The molecule has 0 radical (unpaired) electrons. The van der Waals surface area contributed by atoms with Gasteiger partial charge >= 0.3 is 0 Å². The number of fused-ring (bicyclic) bond motifs is 4. The highest BCUT2D eigenvalue weighted by Gasteiger charge is 2.41. The second-order valence-corrected chi connectivity index (χ2v) is 8.38. The Morgan fingerprint density at radius 3 is 2.68 bits per heavy atom. The fourth-order valence-electron chi connectivity index (χ4n) is 3.35. The van der Waals surface area contributed by atoms with Crippen molar-refractivity contribution in [1.29, 1.82) is 0 Å². The smallest absolute Gasteiger partial charge is 0.243 e. The lowest BCUT2D eigenvalue weighted by Crippen LogP contribution is -2.47. The molecule has 2 unspecified atom stereocenters. The average molecular weight is 343 g/mol. The third-order valence-electron chi connectivity index (χ3n) is 4.51. The molecule has 0 saturated carbocycles. The van der Waals surface area contributed by atoms with Gasteiger partial charge in [0.05, 0.1) is 4.90 Å². The zero-order chi connectivity index (χ0) is 15.9. The van der Waals surface area contributed by atoms with Crippen LogP contribution in [0.1, 0.15) is 19.8 Å². The molecule has 2 atom stereocenters. The van der Waals surface area contributed by atoms with E-state index >= 15 is 0 Å². The number of piperidine rings is 1. The van der Waals surface area contributed by atoms with Crippen LogP contribution < -0.4 is 0 Å². The van der Waals surface area contributed by atoms with Gasteiger partial charge < -0.3 is 4.90 Å². The van der Waals surface area contributed by atoms with E-state index in [9.17, 15) is 13.2 Å². The summed E-state index contributed by atoms with van der Waals surface area (Å²) in [5.41, 5.74) is 0. The second kappa shape index (κ2) is 5.83. The van der Waals surface area contributed by atoms with Crippen LogP contribution in [0.2, 0.25) is 5.02 Å². The molecule has 0 spiro atoms. The summed E-state index contributed by atoms with van der Waals surface area (Å²) in [4.78, 5) is 13.7. The molecule has 0 aromatic heterocycles. The molecule has 22 heavy (non-hydrogen) atoms. The first kappa shape index (κ1) is 15.8. The maximum absolute atomic E-state index is 12.9. The Hall–Kier alpha value is -1.11. The lowest BCUT2D eigenvalue weighted by atomic mass is 9.97. The molecule has 0 N–H and O–H groups in total. The van der Waals surface area contributed by atoms with Gasteiger partial charge in [0.25, 0.3) is 0 Å². The van der Waals surface area contributed by atoms with Crippen LogP contribution in [0.3, 0.4) is 0 Å². The SMILES string of the molecule is CC(=O)N1CC2CCC(C1)N(S(=O)(=O)c1cccc(Cl)c1)C2. The predicted molar refractivity (Wildman–Crippen MR) is 84.1 cm³/mol. The number of hydrogen-bond donors (Lipinski definition) is 0. The largest absolute Gasteiger partial charge is 0.341 e. The molecule has 2 bridgehead atoms. The fraction of sp³-hybridized carbons (Fsp3) is 0.533. The van der Waals surface area contributed by atoms with Crippen LogP contribution >= 0.6 is 11.6 Å². The van der Waals surface area contributed by atoms with Crippen molar-refractivity contribution in [2.75, 3.05) is 19.6 Å². The van der Waals surface area contributed by atoms with Gasteiger partial charge in [-0.25, -0.2) is 8.42 Å². The monoisotopic (exact) mass is 342 g/mol. The normalized spacial score (nSPS) is 26.0. The zero-order valence-corrected chi connectivity index (χ0v) is 14.0. The maximum atomic E-state index is 12.9. The minimum atomic E-state index is -3.58. The summed E-state index contributed by atoms with van der Waals surface area (Å²) in [5, 5.41) is 0.409. The summed E-state index contributed by atoms with van der Waals surface area (Å²) >= 11 is 5.93. The Kier molecular flexibility index (Phi) is 4.18. The van der Waals surface area contributed by atoms with Gasteiger partial charge in [0.15, 0.2) is 0 Å². The van der Waals surface area contributed by atoms with Crippen molar-refractivity contribution < 1.29 is 13.2 Å². The van der Waals surface area contributed by atoms with Gasteiger partial charge in [-0.2, -0.15) is 4.31 Å². The molecule has 3 saturated heterocycles. The Morgan fingerprint density at radius 2 is 2.00 bits per heavy atom. The first-order valence-corrected chi connectivity index (χ1v) is 9.22. The molecule has 1 aromatic carbocycles. The number of carbonyl (C=O) groups is 1. The molecule has 3 aliphatic rings. The Bertz CT molecular complexity index is 692. The van der Waals surface area contributed by atoms with E-state index in [1.54, 1.807) is 34.3 Å². The van der Waals surface area contributed by atoms with Gasteiger partial charge in [0.1, 0.15) is 0 Å². The van der Waals surface area contributed by atoms with Crippen LogP contribution in [-0.4, -0.2) is 49.2 Å². The lowest BCUT2D eigenvalue weighted by molar-refractivity contribution is -0.129. The van der Waals surface area contributed by atoms with Crippen molar-refractivity contribution in [1.82, 2.24) is 9.21 Å². The summed E-state index contributed by atoms with van der Waals surface area (Å²) in [6.07, 6.45) is 1.77. The second-order valence-electron chi connectivity index (χ2n) is 6.05. The number of nitrogens with zero attached hydrogens (tertiary/aromatic N) is 2. The summed E-state index contributed by atoms with van der Waals surface area (Å²) in [6, 6.07) is 6.21. The molecule has 1 aromatic rings. The minimum Gasteiger partial charge on any atom is -0.341 e. The number of carbonyl (C=O) groups excluding carboxylic acids is 1. The lowest BCUT2D eigenvalue weighted by Gasteiger charge is -2.34. The molecule has 3 heterocycles. The Morgan fingerprint density at radius 1 is 1.23 bits per heavy atom. The molecule has 7 heteroatoms. The van der Waals surface area contributed by atoms with Crippen molar-refractivity contribution >= 4 is 27.5 Å². The summed E-state index contributed by atoms with van der Waals surface area (Å²) in [5.74, 6) is 0.218. The maximum Gasteiger partial charge on any atom is 0.243 e. The van der Waals surface area contributed by atoms with Crippen molar-refractivity contribution in [2.45, 2.75) is 30.7 Å². The van der Waals surface area contributed by atoms with Gasteiger partial charge in [0, 0.05) is 37.6 Å². The molecular formula is C15H19ClN2O3S. The first-order chi connectivity index (χ1) is 10.4. The number of halogens is 1. The molecular weight excluding hydrogens is 324 g/mol. The van der Waals surface area contributed by atoms with E-state index in [2.05, 4.69) is 0 Å². The number of rotatable bonds is 2. The molecule has 120 valence electrons. The molecule has 3 aliphatic heterocycles. The minimum absolute atomic E-state index is 0.0129. The van der Waals surface area contributed by atoms with Crippen LogP contribution in [0, 0.1) is 5.92 Å². The number of amides is 1. The predicted octanol–water partition coefficient (Wildman–Crippen LogP) is 1.97. The summed E-state index contributed by atoms with van der Waals surface area (Å²) in [7, 11) is -3.58. The van der Waals surface area contributed by atoms with E-state index < -0.39 is 10.0 Å². The number of hydrogen-bond acceptors (Lipinski definition) is 3. The van der Waals surface area contributed by atoms with Gasteiger partial charge in [-0.15, -0.1) is 0 Å². The van der Waals surface area contributed by atoms with Gasteiger partial charge in [-0.1, -0.05) is 17.7 Å². The standard InChI is InChI=1S/C15H19ClN2O3S/c1-11(19)17-8-12-5-6-14(10-17)18(9-12)22(20,21)15-4-2-3-13(16)7-15/h2-4,7,12,14H,5-6,8-10H2,1H3. The van der Waals surface area contributed by atoms with Crippen molar-refractivity contribution in [3.05, 3.63) is 29.3 Å². The van der Waals surface area contributed by atoms with Crippen LogP contribution in [0.5, 0.6) is 0 Å². The van der Waals surface area contributed by atoms with E-state index in [1.807, 2.05) is 0 Å². The van der Waals surface area contributed by atoms with Crippen LogP contribution in [0.4, 0.5) is 0 Å². The fourth-order valence-corrected chi connectivity index (χ4v) is 5.38. The van der Waals surface area contributed by atoms with Gasteiger partial charge in [-0.05, 0) is 37.0 Å². The molecule has 4 rings (SSSR count). The van der Waals surface area contributed by atoms with Crippen molar-refractivity contribution in [3.8, 4) is 0 Å². The summed E-state index contributed by atoms with van der Waals surface area (Å²) in [6.45, 7) is 3.14. The van der Waals surface area contributed by atoms with Crippen LogP contribution in [0.25, 0.3) is 0 Å². The van der Waals surface area contributed by atoms with E-state index in [0.717, 1.165) is 12.8 Å². The molecule has 5 nitrogen and oxygen atoms in total. The molecule has 3 fully saturated rings. The van der Waals surface area contributed by atoms with E-state index in [-0.39, 0.29) is 22.8 Å². The Balaban J connectivity index is 1.93. The third-order valence-corrected chi connectivity index (χ3v) is 6.66. The van der Waals surface area contributed by atoms with E-state index in [4.69, 9.17) is 11.6 Å². The van der Waals surface area contributed by atoms with E-state index in [1.165, 1.54) is 6.07 Å². The Labute approximate surface area is 135 Å². The third kappa shape index (κ3) is 2.87. The molecule has 1 amide bonds. The highest BCUT2D eigenvalue weighted by atomic mass is 35.5. The number of sulfonamides is 1.